The fourth-order valence-corrected chi connectivity index (χ4v) is 3.33. The van der Waals surface area contributed by atoms with Crippen LogP contribution in [0.3, 0.4) is 0 Å². The molecule has 1 fully saturated rings. The minimum absolute atomic E-state index is 0.0461. The lowest BCUT2D eigenvalue weighted by Crippen LogP contribution is -2.43. The molecule has 0 unspecified atom stereocenters. The number of carbonyl (C=O) groups is 1. The van der Waals surface area contributed by atoms with E-state index in [2.05, 4.69) is 10.3 Å². The quantitative estimate of drug-likeness (QED) is 0.843. The van der Waals surface area contributed by atoms with Crippen molar-refractivity contribution in [2.75, 3.05) is 6.61 Å². The molecular formula is C19H23FN2O3. The number of oxazole rings is 1. The Morgan fingerprint density at radius 3 is 2.92 bits per heavy atom. The van der Waals surface area contributed by atoms with Crippen LogP contribution < -0.4 is 5.32 Å². The minimum Gasteiger partial charge on any atom is -0.441 e. The van der Waals surface area contributed by atoms with Crippen molar-refractivity contribution < 1.29 is 18.7 Å². The third-order valence-electron chi connectivity index (χ3n) is 4.75. The molecule has 1 aliphatic carbocycles. The molecule has 1 aromatic carbocycles. The molecule has 6 heteroatoms. The summed E-state index contributed by atoms with van der Waals surface area (Å²) in [6.07, 6.45) is 6.14. The zero-order chi connectivity index (χ0) is 17.6. The first-order valence-electron chi connectivity index (χ1n) is 8.77. The Hall–Kier alpha value is -2.21. The van der Waals surface area contributed by atoms with Gasteiger partial charge in [-0.2, -0.15) is 0 Å². The molecule has 134 valence electrons. The summed E-state index contributed by atoms with van der Waals surface area (Å²) in [6.45, 7) is 0.108. The Balaban J connectivity index is 1.53. The molecule has 1 saturated carbocycles. The molecule has 2 N–H and O–H groups in total. The first-order chi connectivity index (χ1) is 12.2. The number of carbonyl (C=O) groups excluding carboxylic acids is 1. The standard InChI is InChI=1S/C19H23FN2O3/c20-15-7-3-2-6-14(15)17-11-21-19(25-17)10-9-18(24)22-16-8-4-1-5-13(16)12-23/h2-3,6-7,11,13,16,23H,1,4-5,8-10,12H2,(H,22,24)/t13-,16-/m0/s1. The summed E-state index contributed by atoms with van der Waals surface area (Å²) < 4.78 is 19.3. The van der Waals surface area contributed by atoms with Crippen molar-refractivity contribution in [3.8, 4) is 11.3 Å². The number of nitrogens with one attached hydrogen (secondary N) is 1. The van der Waals surface area contributed by atoms with Gasteiger partial charge in [0.1, 0.15) is 5.82 Å². The van der Waals surface area contributed by atoms with E-state index in [-0.39, 0.29) is 36.7 Å². The fraction of sp³-hybridized carbons (Fsp3) is 0.474. The van der Waals surface area contributed by atoms with Crippen molar-refractivity contribution >= 4 is 5.91 Å². The largest absolute Gasteiger partial charge is 0.441 e. The number of nitrogens with zero attached hydrogens (tertiary/aromatic N) is 1. The van der Waals surface area contributed by atoms with Crippen molar-refractivity contribution in [3.05, 3.63) is 42.2 Å². The zero-order valence-corrected chi connectivity index (χ0v) is 14.1. The molecule has 0 spiro atoms. The van der Waals surface area contributed by atoms with Gasteiger partial charge in [-0.3, -0.25) is 4.79 Å². The molecule has 1 aliphatic rings. The number of hydrogen-bond donors (Lipinski definition) is 2. The number of benzene rings is 1. The molecule has 1 amide bonds. The minimum atomic E-state index is -0.365. The smallest absolute Gasteiger partial charge is 0.220 e. The Morgan fingerprint density at radius 2 is 2.12 bits per heavy atom. The summed E-state index contributed by atoms with van der Waals surface area (Å²) in [7, 11) is 0. The lowest BCUT2D eigenvalue weighted by molar-refractivity contribution is -0.122. The van der Waals surface area contributed by atoms with E-state index in [4.69, 9.17) is 4.42 Å². The predicted octanol–water partition coefficient (Wildman–Crippen LogP) is 3.08. The van der Waals surface area contributed by atoms with Crippen molar-refractivity contribution in [2.45, 2.75) is 44.6 Å². The van der Waals surface area contributed by atoms with E-state index in [1.807, 2.05) is 0 Å². The number of aliphatic hydroxyl groups is 1. The van der Waals surface area contributed by atoms with Gasteiger partial charge >= 0.3 is 0 Å². The summed E-state index contributed by atoms with van der Waals surface area (Å²) in [5, 5.41) is 12.4. The van der Waals surface area contributed by atoms with Crippen LogP contribution in [0.1, 0.15) is 38.0 Å². The van der Waals surface area contributed by atoms with Gasteiger partial charge in [0.25, 0.3) is 0 Å². The molecule has 1 aromatic heterocycles. The number of amides is 1. The van der Waals surface area contributed by atoms with Crippen LogP contribution in [0.2, 0.25) is 0 Å². The fourth-order valence-electron chi connectivity index (χ4n) is 3.33. The summed E-state index contributed by atoms with van der Waals surface area (Å²) >= 11 is 0. The first kappa shape index (κ1) is 17.6. The van der Waals surface area contributed by atoms with Gasteiger partial charge < -0.3 is 14.8 Å². The molecule has 3 rings (SSSR count). The van der Waals surface area contributed by atoms with Gasteiger partial charge in [-0.1, -0.05) is 25.0 Å². The number of rotatable bonds is 6. The maximum absolute atomic E-state index is 13.8. The number of aryl methyl sites for hydroxylation is 1. The maximum Gasteiger partial charge on any atom is 0.220 e. The van der Waals surface area contributed by atoms with Crippen LogP contribution in [0.15, 0.2) is 34.9 Å². The molecule has 1 heterocycles. The van der Waals surface area contributed by atoms with Gasteiger partial charge in [0.05, 0.1) is 11.8 Å². The number of halogens is 1. The summed E-state index contributed by atoms with van der Waals surface area (Å²) in [6, 6.07) is 6.39. The van der Waals surface area contributed by atoms with Crippen molar-refractivity contribution in [2.24, 2.45) is 5.92 Å². The number of aromatic nitrogens is 1. The zero-order valence-electron chi connectivity index (χ0n) is 14.1. The lowest BCUT2D eigenvalue weighted by Gasteiger charge is -2.30. The third-order valence-corrected chi connectivity index (χ3v) is 4.75. The topological polar surface area (TPSA) is 75.4 Å². The second-order valence-corrected chi connectivity index (χ2v) is 6.50. The molecule has 5 nitrogen and oxygen atoms in total. The van der Waals surface area contributed by atoms with Gasteiger partial charge in [-0.25, -0.2) is 9.37 Å². The average Bonchev–Trinajstić information content (AvgIpc) is 3.09. The lowest BCUT2D eigenvalue weighted by atomic mass is 9.85. The average molecular weight is 346 g/mol. The molecule has 0 aliphatic heterocycles. The predicted molar refractivity (Wildman–Crippen MR) is 91.2 cm³/mol. The van der Waals surface area contributed by atoms with Crippen LogP contribution in [-0.4, -0.2) is 28.6 Å². The summed E-state index contributed by atoms with van der Waals surface area (Å²) in [4.78, 5) is 16.3. The van der Waals surface area contributed by atoms with Crippen LogP contribution in [0.25, 0.3) is 11.3 Å². The highest BCUT2D eigenvalue weighted by Crippen LogP contribution is 2.25. The Bertz CT molecular complexity index is 716. The monoisotopic (exact) mass is 346 g/mol. The van der Waals surface area contributed by atoms with Gasteiger partial charge in [-0.05, 0) is 25.0 Å². The van der Waals surface area contributed by atoms with E-state index < -0.39 is 0 Å². The number of hydrogen-bond acceptors (Lipinski definition) is 4. The van der Waals surface area contributed by atoms with Crippen molar-refractivity contribution in [3.63, 3.8) is 0 Å². The highest BCUT2D eigenvalue weighted by molar-refractivity contribution is 5.76. The molecule has 0 saturated heterocycles. The number of aliphatic hydroxyl groups excluding tert-OH is 1. The molecule has 0 radical (unpaired) electrons. The molecule has 2 atom stereocenters. The van der Waals surface area contributed by atoms with Gasteiger partial charge in [0.2, 0.25) is 5.91 Å². The van der Waals surface area contributed by atoms with Gasteiger partial charge in [-0.15, -0.1) is 0 Å². The van der Waals surface area contributed by atoms with Gasteiger partial charge in [0.15, 0.2) is 11.7 Å². The normalized spacial score (nSPS) is 20.4. The van der Waals surface area contributed by atoms with E-state index in [1.165, 1.54) is 12.3 Å². The van der Waals surface area contributed by atoms with Crippen molar-refractivity contribution in [1.82, 2.24) is 10.3 Å². The van der Waals surface area contributed by atoms with E-state index in [0.29, 0.717) is 23.6 Å². The van der Waals surface area contributed by atoms with E-state index in [1.54, 1.807) is 18.2 Å². The van der Waals surface area contributed by atoms with E-state index in [0.717, 1.165) is 25.7 Å². The molecule has 25 heavy (non-hydrogen) atoms. The third kappa shape index (κ3) is 4.45. The van der Waals surface area contributed by atoms with Crippen LogP contribution in [0.4, 0.5) is 4.39 Å². The van der Waals surface area contributed by atoms with Crippen molar-refractivity contribution in [1.29, 1.82) is 0 Å². The Kier molecular flexibility index (Phi) is 5.81. The SMILES string of the molecule is O=C(CCc1ncc(-c2ccccc2F)o1)N[C@H]1CCCC[C@H]1CO. The second kappa shape index (κ2) is 8.25. The summed E-state index contributed by atoms with van der Waals surface area (Å²) in [5.41, 5.74) is 0.360. The first-order valence-corrected chi connectivity index (χ1v) is 8.77. The van der Waals surface area contributed by atoms with Crippen LogP contribution in [0.5, 0.6) is 0 Å². The maximum atomic E-state index is 13.8. The van der Waals surface area contributed by atoms with Gasteiger partial charge in [0, 0.05) is 31.4 Å². The molecular weight excluding hydrogens is 323 g/mol. The Morgan fingerprint density at radius 1 is 1.32 bits per heavy atom. The Labute approximate surface area is 146 Å². The van der Waals surface area contributed by atoms with Crippen LogP contribution in [-0.2, 0) is 11.2 Å². The second-order valence-electron chi connectivity index (χ2n) is 6.50. The molecule has 0 bridgehead atoms. The van der Waals surface area contributed by atoms with Crippen LogP contribution in [0, 0.1) is 11.7 Å². The highest BCUT2D eigenvalue weighted by atomic mass is 19.1. The van der Waals surface area contributed by atoms with Crippen LogP contribution >= 0.6 is 0 Å². The van der Waals surface area contributed by atoms with E-state index in [9.17, 15) is 14.3 Å². The summed E-state index contributed by atoms with van der Waals surface area (Å²) in [5.74, 6) is 0.482. The highest BCUT2D eigenvalue weighted by Gasteiger charge is 2.25. The molecule has 2 aromatic rings. The van der Waals surface area contributed by atoms with E-state index >= 15 is 0 Å².